The predicted molar refractivity (Wildman–Crippen MR) is 121 cm³/mol. The molecule has 0 spiro atoms. The molecule has 5 nitrogen and oxygen atoms in total. The zero-order valence-electron chi connectivity index (χ0n) is 17.8. The minimum atomic E-state index is -2.73. The highest BCUT2D eigenvalue weighted by Gasteiger charge is 2.48. The molecular formula is C23H26F2N2O3S. The molecule has 1 aliphatic carbocycles. The summed E-state index contributed by atoms with van der Waals surface area (Å²) < 4.78 is 37.2. The third-order valence-corrected chi connectivity index (χ3v) is 6.00. The summed E-state index contributed by atoms with van der Waals surface area (Å²) in [7, 11) is 1.60. The maximum atomic E-state index is 13.1. The molecule has 0 bridgehead atoms. The Hall–Kier alpha value is -2.45. The van der Waals surface area contributed by atoms with Crippen LogP contribution in [-0.2, 0) is 9.53 Å². The number of alkyl halides is 2. The van der Waals surface area contributed by atoms with Crippen LogP contribution in [0.25, 0.3) is 15.8 Å². The lowest BCUT2D eigenvalue weighted by Gasteiger charge is -2.33. The summed E-state index contributed by atoms with van der Waals surface area (Å²) >= 11 is 1.56. The van der Waals surface area contributed by atoms with Crippen molar-refractivity contribution in [3.63, 3.8) is 0 Å². The van der Waals surface area contributed by atoms with Crippen LogP contribution in [0.5, 0.6) is 5.75 Å². The van der Waals surface area contributed by atoms with Gasteiger partial charge in [-0.1, -0.05) is 23.9 Å². The fourth-order valence-corrected chi connectivity index (χ4v) is 3.91. The van der Waals surface area contributed by atoms with Crippen molar-refractivity contribution in [2.24, 2.45) is 5.92 Å². The van der Waals surface area contributed by atoms with Crippen molar-refractivity contribution < 1.29 is 23.0 Å². The number of anilines is 1. The Labute approximate surface area is 184 Å². The Bertz CT molecular complexity index is 1000. The molecule has 166 valence electrons. The smallest absolute Gasteiger partial charge is 0.249 e. The molecule has 1 fully saturated rings. The van der Waals surface area contributed by atoms with E-state index in [4.69, 9.17) is 14.5 Å². The average molecular weight is 449 g/mol. The van der Waals surface area contributed by atoms with E-state index < -0.39 is 30.6 Å². The molecule has 1 saturated carbocycles. The largest absolute Gasteiger partial charge is 0.490 e. The Kier molecular flexibility index (Phi) is 7.67. The van der Waals surface area contributed by atoms with Gasteiger partial charge in [-0.25, -0.2) is 13.8 Å². The molecule has 3 rings (SSSR count). The second-order valence-corrected chi connectivity index (χ2v) is 8.22. The fourth-order valence-electron chi connectivity index (χ4n) is 3.26. The van der Waals surface area contributed by atoms with E-state index in [0.29, 0.717) is 30.2 Å². The number of pyridine rings is 1. The molecule has 0 aliphatic heterocycles. The summed E-state index contributed by atoms with van der Waals surface area (Å²) in [5.74, 6) is -3.17. The Balaban J connectivity index is 1.90. The molecule has 8 heteroatoms. The van der Waals surface area contributed by atoms with Gasteiger partial charge in [0.15, 0.2) is 0 Å². The normalized spacial score (nSPS) is 16.5. The van der Waals surface area contributed by atoms with E-state index in [1.807, 2.05) is 37.5 Å². The van der Waals surface area contributed by atoms with Crippen molar-refractivity contribution in [2.45, 2.75) is 32.6 Å². The summed E-state index contributed by atoms with van der Waals surface area (Å²) in [4.78, 5) is 18.0. The summed E-state index contributed by atoms with van der Waals surface area (Å²) in [5.41, 5.74) is 2.01. The molecule has 1 amide bonds. The molecule has 0 atom stereocenters. The minimum Gasteiger partial charge on any atom is -0.490 e. The first-order valence-electron chi connectivity index (χ1n) is 10.1. The van der Waals surface area contributed by atoms with E-state index in [1.54, 1.807) is 37.1 Å². The summed E-state index contributed by atoms with van der Waals surface area (Å²) in [6.45, 7) is 4.69. The Morgan fingerprint density at radius 3 is 2.71 bits per heavy atom. The number of allylic oxidation sites excluding steroid dienone is 2. The van der Waals surface area contributed by atoms with Gasteiger partial charge in [0.1, 0.15) is 12.4 Å². The van der Waals surface area contributed by atoms with Crippen LogP contribution in [-0.4, -0.2) is 37.1 Å². The SMILES string of the molecule is C/C=C\S/C(=C\C)c1cc(OCCOC)c2cc(NC(=O)C3CC(F)(F)C3)ccc2n1. The van der Waals surface area contributed by atoms with Crippen LogP contribution in [0, 0.1) is 5.92 Å². The number of ether oxygens (including phenoxy) is 2. The number of hydrogen-bond acceptors (Lipinski definition) is 5. The van der Waals surface area contributed by atoms with Gasteiger partial charge in [0, 0.05) is 47.9 Å². The minimum absolute atomic E-state index is 0.357. The number of nitrogens with zero attached hydrogens (tertiary/aromatic N) is 1. The first-order valence-corrected chi connectivity index (χ1v) is 10.9. The number of carbonyl (C=O) groups is 1. The zero-order valence-corrected chi connectivity index (χ0v) is 18.6. The second-order valence-electron chi connectivity index (χ2n) is 7.27. The van der Waals surface area contributed by atoms with Gasteiger partial charge in [0.25, 0.3) is 0 Å². The fraction of sp³-hybridized carbons (Fsp3) is 0.391. The number of aromatic nitrogens is 1. The number of thioether (sulfide) groups is 1. The van der Waals surface area contributed by atoms with Gasteiger partial charge in [-0.05, 0) is 37.5 Å². The van der Waals surface area contributed by atoms with Crippen LogP contribution in [0.1, 0.15) is 32.4 Å². The maximum Gasteiger partial charge on any atom is 0.249 e. The average Bonchev–Trinajstić information content (AvgIpc) is 2.72. The number of hydrogen-bond donors (Lipinski definition) is 1. The van der Waals surface area contributed by atoms with Crippen LogP contribution < -0.4 is 10.1 Å². The van der Waals surface area contributed by atoms with Crippen molar-refractivity contribution in [2.75, 3.05) is 25.6 Å². The summed E-state index contributed by atoms with van der Waals surface area (Å²) in [6.07, 6.45) is 3.14. The van der Waals surface area contributed by atoms with Gasteiger partial charge in [-0.15, -0.1) is 0 Å². The summed E-state index contributed by atoms with van der Waals surface area (Å²) in [5, 5.41) is 5.45. The topological polar surface area (TPSA) is 60.5 Å². The lowest BCUT2D eigenvalue weighted by atomic mass is 9.81. The molecule has 1 heterocycles. The third-order valence-electron chi connectivity index (χ3n) is 4.89. The molecule has 0 saturated heterocycles. The number of amides is 1. The quantitative estimate of drug-likeness (QED) is 0.486. The second kappa shape index (κ2) is 10.2. The predicted octanol–water partition coefficient (Wildman–Crippen LogP) is 5.87. The molecule has 1 N–H and O–H groups in total. The van der Waals surface area contributed by atoms with Crippen LogP contribution in [0.3, 0.4) is 0 Å². The number of methoxy groups -OCH3 is 1. The molecule has 2 aromatic rings. The van der Waals surface area contributed by atoms with Crippen molar-refractivity contribution in [3.05, 3.63) is 47.5 Å². The number of fused-ring (bicyclic) bond motifs is 1. The van der Waals surface area contributed by atoms with E-state index >= 15 is 0 Å². The van der Waals surface area contributed by atoms with Crippen LogP contribution in [0.4, 0.5) is 14.5 Å². The van der Waals surface area contributed by atoms with Gasteiger partial charge in [0.2, 0.25) is 11.8 Å². The first-order chi connectivity index (χ1) is 14.9. The Morgan fingerprint density at radius 1 is 1.29 bits per heavy atom. The first kappa shape index (κ1) is 23.2. The number of carbonyl (C=O) groups excluding carboxylic acids is 1. The number of benzene rings is 1. The zero-order chi connectivity index (χ0) is 22.4. The molecule has 1 aromatic heterocycles. The molecule has 0 unspecified atom stereocenters. The van der Waals surface area contributed by atoms with E-state index in [2.05, 4.69) is 5.32 Å². The van der Waals surface area contributed by atoms with Gasteiger partial charge in [-0.2, -0.15) is 0 Å². The maximum absolute atomic E-state index is 13.1. The van der Waals surface area contributed by atoms with Crippen molar-refractivity contribution in [1.82, 2.24) is 4.98 Å². The van der Waals surface area contributed by atoms with Crippen molar-refractivity contribution in [3.8, 4) is 5.75 Å². The van der Waals surface area contributed by atoms with Gasteiger partial charge in [-0.3, -0.25) is 4.79 Å². The van der Waals surface area contributed by atoms with Gasteiger partial charge in [0.05, 0.1) is 17.8 Å². The van der Waals surface area contributed by atoms with E-state index in [1.165, 1.54) is 0 Å². The Morgan fingerprint density at radius 2 is 2.06 bits per heavy atom. The molecular weight excluding hydrogens is 422 g/mol. The molecule has 1 aromatic carbocycles. The van der Waals surface area contributed by atoms with E-state index in [0.717, 1.165) is 16.0 Å². The number of halogens is 2. The van der Waals surface area contributed by atoms with Crippen LogP contribution >= 0.6 is 11.8 Å². The highest BCUT2D eigenvalue weighted by Crippen LogP contribution is 2.43. The third kappa shape index (κ3) is 5.83. The molecule has 1 aliphatic rings. The van der Waals surface area contributed by atoms with E-state index in [9.17, 15) is 13.6 Å². The summed E-state index contributed by atoms with van der Waals surface area (Å²) in [6, 6.07) is 7.14. The monoisotopic (exact) mass is 448 g/mol. The lowest BCUT2D eigenvalue weighted by molar-refractivity contribution is -0.145. The van der Waals surface area contributed by atoms with Gasteiger partial charge < -0.3 is 14.8 Å². The highest BCUT2D eigenvalue weighted by atomic mass is 32.2. The standard InChI is InChI=1S/C23H26F2N2O3S/c1-4-10-31-21(5-2)19-12-20(30-9-8-29-3)17-11-16(6-7-18(17)27-19)26-22(28)15-13-23(24,25)14-15/h4-7,10-12,15H,8-9,13-14H2,1-3H3,(H,26,28)/b10-4-,21-5-. The highest BCUT2D eigenvalue weighted by molar-refractivity contribution is 8.10. The number of rotatable bonds is 9. The van der Waals surface area contributed by atoms with Crippen LogP contribution in [0.15, 0.2) is 41.8 Å². The van der Waals surface area contributed by atoms with E-state index in [-0.39, 0.29) is 0 Å². The van der Waals surface area contributed by atoms with Crippen LogP contribution in [0.2, 0.25) is 0 Å². The molecule has 31 heavy (non-hydrogen) atoms. The number of nitrogens with one attached hydrogen (secondary N) is 1. The van der Waals surface area contributed by atoms with Gasteiger partial charge >= 0.3 is 0 Å². The molecule has 0 radical (unpaired) electrons. The van der Waals surface area contributed by atoms with Crippen molar-refractivity contribution >= 4 is 39.2 Å². The van der Waals surface area contributed by atoms with Crippen molar-refractivity contribution in [1.29, 1.82) is 0 Å². The lowest BCUT2D eigenvalue weighted by Crippen LogP contribution is -2.42.